The number of aromatic amines is 2. The van der Waals surface area contributed by atoms with E-state index in [1.165, 1.54) is 44.5 Å². The van der Waals surface area contributed by atoms with Gasteiger partial charge in [-0.1, -0.05) is 48.6 Å². The molecule has 7 aromatic rings. The van der Waals surface area contributed by atoms with Crippen LogP contribution in [-0.4, -0.2) is 39.9 Å². The average molecular weight is 723 g/mol. The van der Waals surface area contributed by atoms with Crippen LogP contribution in [-0.2, 0) is 25.7 Å². The van der Waals surface area contributed by atoms with Crippen LogP contribution < -0.4 is 0 Å². The summed E-state index contributed by atoms with van der Waals surface area (Å²) >= 11 is 0. The van der Waals surface area contributed by atoms with Gasteiger partial charge in [-0.15, -0.1) is 0 Å². The molecule has 0 spiro atoms. The maximum absolute atomic E-state index is 5.37. The monoisotopic (exact) mass is 722 g/mol. The fourth-order valence-corrected chi connectivity index (χ4v) is 9.50. The summed E-state index contributed by atoms with van der Waals surface area (Å²) in [7, 11) is 0. The lowest BCUT2D eigenvalue weighted by Gasteiger charge is -2.12. The SMILES string of the molecule is C1=Cc2cc3c(cc2CC1)-c1nc-3nc2[nH]c(nc3nc(nc4[nH]c(n1)c1cc5c(cc41)C=CCC5)-c1cc4c(cc1-3)CCC=C4)c1cc3c(cc21)C=CCC3. The third kappa shape index (κ3) is 4.53. The number of H-pyrrole nitrogens is 2. The Kier molecular flexibility index (Phi) is 6.19. The van der Waals surface area contributed by atoms with Gasteiger partial charge in [-0.05, 0) is 144 Å². The van der Waals surface area contributed by atoms with Crippen LogP contribution in [0.5, 0.6) is 0 Å². The molecule has 0 saturated carbocycles. The van der Waals surface area contributed by atoms with Gasteiger partial charge < -0.3 is 9.97 Å². The fraction of sp³-hybridized carbons (Fsp3) is 0.167. The van der Waals surface area contributed by atoms with E-state index >= 15 is 0 Å². The molecule has 4 aliphatic carbocycles. The molecule has 0 fully saturated rings. The van der Waals surface area contributed by atoms with Crippen LogP contribution in [0.2, 0.25) is 0 Å². The zero-order chi connectivity index (χ0) is 36.5. The van der Waals surface area contributed by atoms with E-state index in [0.717, 1.165) is 118 Å². The summed E-state index contributed by atoms with van der Waals surface area (Å²) < 4.78 is 0. The van der Waals surface area contributed by atoms with Gasteiger partial charge in [-0.25, -0.2) is 29.9 Å². The Morgan fingerprint density at radius 1 is 0.321 bits per heavy atom. The first-order chi connectivity index (χ1) is 27.7. The molecule has 0 unspecified atom stereocenters. The van der Waals surface area contributed by atoms with E-state index in [4.69, 9.17) is 29.9 Å². The number of nitrogens with zero attached hydrogens (tertiary/aromatic N) is 6. The molecule has 3 aromatic heterocycles. The first kappa shape index (κ1) is 30.5. The van der Waals surface area contributed by atoms with E-state index in [-0.39, 0.29) is 0 Å². The number of rotatable bonds is 0. The zero-order valence-corrected chi connectivity index (χ0v) is 30.6. The highest BCUT2D eigenvalue weighted by atomic mass is 15.1. The smallest absolute Gasteiger partial charge is 0.164 e. The van der Waals surface area contributed by atoms with Crippen LogP contribution >= 0.6 is 0 Å². The lowest BCUT2D eigenvalue weighted by Crippen LogP contribution is -1.96. The number of allylic oxidation sites excluding steroid dienone is 4. The van der Waals surface area contributed by atoms with E-state index in [2.05, 4.69) is 107 Å². The zero-order valence-electron chi connectivity index (χ0n) is 30.6. The number of aryl methyl sites for hydroxylation is 4. The molecular weight excluding hydrogens is 689 g/mol. The van der Waals surface area contributed by atoms with E-state index in [1.54, 1.807) is 0 Å². The number of hydrogen-bond donors (Lipinski definition) is 2. The van der Waals surface area contributed by atoms with Gasteiger partial charge in [0.1, 0.15) is 22.6 Å². The summed E-state index contributed by atoms with van der Waals surface area (Å²) in [5.41, 5.74) is 17.0. The first-order valence-corrected chi connectivity index (χ1v) is 19.8. The maximum Gasteiger partial charge on any atom is 0.164 e. The van der Waals surface area contributed by atoms with Crippen molar-refractivity contribution in [1.82, 2.24) is 39.9 Å². The van der Waals surface area contributed by atoms with E-state index in [0.29, 0.717) is 23.3 Å². The molecule has 8 nitrogen and oxygen atoms in total. The fourth-order valence-electron chi connectivity index (χ4n) is 9.50. The summed E-state index contributed by atoms with van der Waals surface area (Å²) in [4.78, 5) is 39.3. The molecule has 4 aromatic carbocycles. The van der Waals surface area contributed by atoms with Crippen LogP contribution in [0.3, 0.4) is 0 Å². The Morgan fingerprint density at radius 3 is 1.00 bits per heavy atom. The Balaban J connectivity index is 1.20. The minimum Gasteiger partial charge on any atom is -0.324 e. The Labute approximate surface area is 321 Å². The normalized spacial score (nSPS) is 15.7. The largest absolute Gasteiger partial charge is 0.324 e. The Morgan fingerprint density at radius 2 is 0.625 bits per heavy atom. The minimum atomic E-state index is 0.637. The highest BCUT2D eigenvalue weighted by Gasteiger charge is 2.26. The van der Waals surface area contributed by atoms with Crippen molar-refractivity contribution in [3.8, 4) is 45.6 Å². The summed E-state index contributed by atoms with van der Waals surface area (Å²) in [6.07, 6.45) is 26.0. The highest BCUT2D eigenvalue weighted by molar-refractivity contribution is 6.08. The second kappa shape index (κ2) is 11.4. The molecule has 0 saturated heterocycles. The van der Waals surface area contributed by atoms with Gasteiger partial charge in [0.25, 0.3) is 0 Å². The number of nitrogens with one attached hydrogen (secondary N) is 2. The molecule has 8 bridgehead atoms. The van der Waals surface area contributed by atoms with Crippen LogP contribution in [0.15, 0.2) is 72.8 Å². The van der Waals surface area contributed by atoms with Crippen molar-refractivity contribution < 1.29 is 0 Å². The lowest BCUT2D eigenvalue weighted by molar-refractivity contribution is 0.986. The predicted octanol–water partition coefficient (Wildman–Crippen LogP) is 10.7. The van der Waals surface area contributed by atoms with Crippen LogP contribution in [0.4, 0.5) is 0 Å². The molecular formula is C48H34N8. The summed E-state index contributed by atoms with van der Waals surface area (Å²) in [5.74, 6) is 2.57. The molecule has 5 heterocycles. The molecule has 8 heteroatoms. The van der Waals surface area contributed by atoms with E-state index in [1.807, 2.05) is 0 Å². The highest BCUT2D eigenvalue weighted by Crippen LogP contribution is 2.41. The Hall–Kier alpha value is -6.80. The van der Waals surface area contributed by atoms with Gasteiger partial charge in [-0.2, -0.15) is 0 Å². The molecule has 2 aliphatic heterocycles. The molecule has 6 aliphatic rings. The third-order valence-electron chi connectivity index (χ3n) is 12.4. The van der Waals surface area contributed by atoms with Crippen molar-refractivity contribution in [2.45, 2.75) is 51.4 Å². The number of hydrogen-bond acceptors (Lipinski definition) is 6. The topological polar surface area (TPSA) is 109 Å². The van der Waals surface area contributed by atoms with Crippen LogP contribution in [0, 0.1) is 0 Å². The second-order valence-corrected chi connectivity index (χ2v) is 15.8. The van der Waals surface area contributed by atoms with E-state index in [9.17, 15) is 0 Å². The van der Waals surface area contributed by atoms with Crippen molar-refractivity contribution in [3.63, 3.8) is 0 Å². The van der Waals surface area contributed by atoms with Crippen molar-refractivity contribution in [3.05, 3.63) is 117 Å². The molecule has 0 atom stereocenters. The van der Waals surface area contributed by atoms with Crippen molar-refractivity contribution in [1.29, 1.82) is 0 Å². The predicted molar refractivity (Wildman–Crippen MR) is 225 cm³/mol. The van der Waals surface area contributed by atoms with Crippen LogP contribution in [0.1, 0.15) is 70.2 Å². The summed E-state index contributed by atoms with van der Waals surface area (Å²) in [5, 5.41) is 4.06. The number of aromatic nitrogens is 8. The average Bonchev–Trinajstić information content (AvgIpc) is 3.95. The molecule has 2 N–H and O–H groups in total. The molecule has 13 rings (SSSR count). The van der Waals surface area contributed by atoms with Crippen LogP contribution in [0.25, 0.3) is 114 Å². The maximum atomic E-state index is 5.37. The lowest BCUT2D eigenvalue weighted by atomic mass is 9.92. The summed E-state index contributed by atoms with van der Waals surface area (Å²) in [6.45, 7) is 0. The van der Waals surface area contributed by atoms with Crippen molar-refractivity contribution in [2.24, 2.45) is 0 Å². The molecule has 0 amide bonds. The van der Waals surface area contributed by atoms with Gasteiger partial charge in [-0.3, -0.25) is 0 Å². The Bertz CT molecular complexity index is 3040. The van der Waals surface area contributed by atoms with Gasteiger partial charge in [0, 0.05) is 43.8 Å². The van der Waals surface area contributed by atoms with E-state index < -0.39 is 0 Å². The van der Waals surface area contributed by atoms with Gasteiger partial charge in [0.15, 0.2) is 23.3 Å². The number of fused-ring (bicyclic) bond motifs is 24. The van der Waals surface area contributed by atoms with Gasteiger partial charge >= 0.3 is 0 Å². The van der Waals surface area contributed by atoms with Gasteiger partial charge in [0.2, 0.25) is 0 Å². The number of benzene rings is 4. The minimum absolute atomic E-state index is 0.637. The standard InChI is InChI=1S/C48H34N8/c1-2-10-26-18-34-33(17-25(26)9-1)41-49-42(34)54-44-37-21-29-13-5-6-14-30(29)22-38(37)46(51-44)56-48-40-24-32-16-8-7-15-31(32)23-39(40)47(52-48)55-45-36-20-28-12-4-3-11-27(28)19-35(36)43(50-45)53-41/h1,3,6,8-9,11,14,16-24H,2,4-5,7,10,12-13,15H2,(H2,49,50,51,52,53,54,55,56). The third-order valence-corrected chi connectivity index (χ3v) is 12.4. The van der Waals surface area contributed by atoms with Gasteiger partial charge in [0.05, 0.1) is 0 Å². The van der Waals surface area contributed by atoms with Crippen molar-refractivity contribution in [2.75, 3.05) is 0 Å². The molecule has 266 valence electrons. The second-order valence-electron chi connectivity index (χ2n) is 15.8. The summed E-state index contributed by atoms with van der Waals surface area (Å²) in [6, 6.07) is 18.1. The first-order valence-electron chi connectivity index (χ1n) is 19.8. The van der Waals surface area contributed by atoms with Crippen molar-refractivity contribution >= 4 is 68.4 Å². The molecule has 0 radical (unpaired) electrons. The molecule has 56 heavy (non-hydrogen) atoms. The quantitative estimate of drug-likeness (QED) is 0.161.